The normalized spacial score (nSPS) is 11.7. The van der Waals surface area contributed by atoms with E-state index in [2.05, 4.69) is 14.9 Å². The predicted octanol–water partition coefficient (Wildman–Crippen LogP) is 0.0574. The van der Waals surface area contributed by atoms with Crippen molar-refractivity contribution in [1.29, 1.82) is 0 Å². The molecule has 2 aromatic rings. The van der Waals surface area contributed by atoms with Crippen molar-refractivity contribution >= 4 is 15.7 Å². The molecule has 9 heteroatoms. The molecule has 1 aromatic carbocycles. The summed E-state index contributed by atoms with van der Waals surface area (Å²) in [6.07, 6.45) is 1.85. The largest absolute Gasteiger partial charge is 0.398 e. The lowest BCUT2D eigenvalue weighted by atomic mass is 10.3. The zero-order chi connectivity index (χ0) is 14.8. The lowest BCUT2D eigenvalue weighted by molar-refractivity contribution is 0.557. The lowest BCUT2D eigenvalue weighted by Gasteiger charge is -2.09. The van der Waals surface area contributed by atoms with E-state index in [1.807, 2.05) is 0 Å². The average molecular weight is 299 g/mol. The fraction of sp³-hybridized carbons (Fsp3) is 0.273. The number of hydrogen-bond acceptors (Lipinski definition) is 5. The first kappa shape index (κ1) is 14.4. The van der Waals surface area contributed by atoms with Gasteiger partial charge in [-0.05, 0) is 12.1 Å². The molecule has 0 aliphatic heterocycles. The number of sulfonamides is 1. The van der Waals surface area contributed by atoms with Gasteiger partial charge in [0.1, 0.15) is 22.9 Å². The third kappa shape index (κ3) is 2.94. The Hall–Kier alpha value is -2.00. The molecule has 1 aromatic heterocycles. The van der Waals surface area contributed by atoms with Crippen molar-refractivity contribution in [1.82, 2.24) is 19.5 Å². The van der Waals surface area contributed by atoms with E-state index < -0.39 is 20.7 Å². The Morgan fingerprint density at radius 2 is 2.20 bits per heavy atom. The van der Waals surface area contributed by atoms with Crippen molar-refractivity contribution in [3.05, 3.63) is 36.2 Å². The van der Waals surface area contributed by atoms with Crippen LogP contribution < -0.4 is 10.5 Å². The number of hydrogen-bond donors (Lipinski definition) is 2. The molecule has 1 heterocycles. The van der Waals surface area contributed by atoms with Crippen LogP contribution in [0.4, 0.5) is 10.1 Å². The van der Waals surface area contributed by atoms with Crippen LogP contribution in [-0.4, -0.2) is 29.7 Å². The van der Waals surface area contributed by atoms with Crippen molar-refractivity contribution in [3.8, 4) is 0 Å². The highest BCUT2D eigenvalue weighted by molar-refractivity contribution is 7.89. The monoisotopic (exact) mass is 299 g/mol. The van der Waals surface area contributed by atoms with Crippen LogP contribution in [-0.2, 0) is 23.5 Å². The smallest absolute Gasteiger partial charge is 0.245 e. The highest BCUT2D eigenvalue weighted by Crippen LogP contribution is 2.21. The number of nitrogen functional groups attached to an aromatic ring is 1. The van der Waals surface area contributed by atoms with E-state index in [-0.39, 0.29) is 12.2 Å². The minimum absolute atomic E-state index is 0.0721. The molecule has 0 spiro atoms. The fourth-order valence-electron chi connectivity index (χ4n) is 1.71. The molecule has 108 valence electrons. The zero-order valence-electron chi connectivity index (χ0n) is 10.7. The minimum atomic E-state index is -4.00. The van der Waals surface area contributed by atoms with Crippen molar-refractivity contribution in [3.63, 3.8) is 0 Å². The molecule has 0 unspecified atom stereocenters. The topological polar surface area (TPSA) is 103 Å². The van der Waals surface area contributed by atoms with Crippen LogP contribution in [0.25, 0.3) is 0 Å². The molecule has 0 bridgehead atoms. The highest BCUT2D eigenvalue weighted by Gasteiger charge is 2.21. The van der Waals surface area contributed by atoms with Crippen molar-refractivity contribution in [2.45, 2.75) is 11.3 Å². The number of nitrogens with one attached hydrogen (secondary N) is 1. The van der Waals surface area contributed by atoms with Gasteiger partial charge < -0.3 is 10.3 Å². The molecular formula is C11H14FN5O2S. The molecule has 3 N–H and O–H groups in total. The second-order valence-electron chi connectivity index (χ2n) is 4.16. The summed E-state index contributed by atoms with van der Waals surface area (Å²) in [5, 5.41) is 7.50. The Kier molecular flexibility index (Phi) is 4.00. The van der Waals surface area contributed by atoms with Gasteiger partial charge in [0.25, 0.3) is 0 Å². The van der Waals surface area contributed by atoms with Crippen LogP contribution in [0.5, 0.6) is 0 Å². The summed E-state index contributed by atoms with van der Waals surface area (Å²) >= 11 is 0. The van der Waals surface area contributed by atoms with Gasteiger partial charge in [-0.15, -0.1) is 10.2 Å². The maximum absolute atomic E-state index is 13.6. The van der Waals surface area contributed by atoms with Crippen LogP contribution in [0.2, 0.25) is 0 Å². The summed E-state index contributed by atoms with van der Waals surface area (Å²) in [6, 6.07) is 3.73. The Labute approximate surface area is 115 Å². The molecule has 0 saturated carbocycles. The van der Waals surface area contributed by atoms with Gasteiger partial charge in [0.05, 0.1) is 5.69 Å². The number of aromatic nitrogens is 3. The quantitative estimate of drug-likeness (QED) is 0.760. The van der Waals surface area contributed by atoms with E-state index >= 15 is 0 Å². The summed E-state index contributed by atoms with van der Waals surface area (Å²) in [4.78, 5) is -0.530. The Bertz CT molecular complexity index is 693. The number of anilines is 1. The van der Waals surface area contributed by atoms with Gasteiger partial charge in [0, 0.05) is 20.0 Å². The van der Waals surface area contributed by atoms with Gasteiger partial charge in [0.2, 0.25) is 10.0 Å². The molecule has 0 aliphatic carbocycles. The Balaban J connectivity index is 2.10. The number of nitrogens with two attached hydrogens (primary N) is 1. The minimum Gasteiger partial charge on any atom is -0.398 e. The van der Waals surface area contributed by atoms with Gasteiger partial charge in [-0.25, -0.2) is 17.5 Å². The Morgan fingerprint density at radius 3 is 2.80 bits per heavy atom. The SMILES string of the molecule is Cn1cnnc1CCNS(=O)(=O)c1c(N)cccc1F. The number of rotatable bonds is 5. The molecule has 0 aliphatic rings. The van der Waals surface area contributed by atoms with Crippen molar-refractivity contribution in [2.24, 2.45) is 7.05 Å². The summed E-state index contributed by atoms with van der Waals surface area (Å²) in [7, 11) is -2.25. The van der Waals surface area contributed by atoms with E-state index in [0.29, 0.717) is 12.2 Å². The van der Waals surface area contributed by atoms with Gasteiger partial charge in [0.15, 0.2) is 0 Å². The van der Waals surface area contributed by atoms with E-state index in [4.69, 9.17) is 5.73 Å². The number of benzene rings is 1. The summed E-state index contributed by atoms with van der Waals surface area (Å²) < 4.78 is 41.6. The highest BCUT2D eigenvalue weighted by atomic mass is 32.2. The first-order valence-corrected chi connectivity index (χ1v) is 7.26. The summed E-state index contributed by atoms with van der Waals surface area (Å²) in [5.41, 5.74) is 5.38. The Morgan fingerprint density at radius 1 is 1.45 bits per heavy atom. The first-order valence-electron chi connectivity index (χ1n) is 5.78. The van der Waals surface area contributed by atoms with Crippen LogP contribution in [0.15, 0.2) is 29.4 Å². The average Bonchev–Trinajstić information content (AvgIpc) is 2.74. The molecule has 0 fully saturated rings. The molecule has 0 radical (unpaired) electrons. The molecule has 2 rings (SSSR count). The lowest BCUT2D eigenvalue weighted by Crippen LogP contribution is -2.28. The standard InChI is InChI=1S/C11H14FN5O2S/c1-17-7-14-16-10(17)5-6-15-20(18,19)11-8(12)3-2-4-9(11)13/h2-4,7,15H,5-6,13H2,1H3. The van der Waals surface area contributed by atoms with Crippen LogP contribution in [0, 0.1) is 5.82 Å². The number of aryl methyl sites for hydroxylation is 1. The molecule has 0 atom stereocenters. The van der Waals surface area contributed by atoms with E-state index in [1.165, 1.54) is 18.5 Å². The molecular weight excluding hydrogens is 285 g/mol. The predicted molar refractivity (Wildman–Crippen MR) is 70.7 cm³/mol. The maximum Gasteiger partial charge on any atom is 0.245 e. The van der Waals surface area contributed by atoms with E-state index in [1.54, 1.807) is 11.6 Å². The third-order valence-electron chi connectivity index (χ3n) is 2.71. The van der Waals surface area contributed by atoms with Gasteiger partial charge in [-0.3, -0.25) is 0 Å². The van der Waals surface area contributed by atoms with E-state index in [9.17, 15) is 12.8 Å². The van der Waals surface area contributed by atoms with Gasteiger partial charge in [-0.2, -0.15) is 0 Å². The summed E-state index contributed by atoms with van der Waals surface area (Å²) in [5.74, 6) is -0.259. The van der Waals surface area contributed by atoms with Gasteiger partial charge >= 0.3 is 0 Å². The van der Waals surface area contributed by atoms with Crippen molar-refractivity contribution < 1.29 is 12.8 Å². The molecule has 0 saturated heterocycles. The van der Waals surface area contributed by atoms with Gasteiger partial charge in [-0.1, -0.05) is 6.07 Å². The summed E-state index contributed by atoms with van der Waals surface area (Å²) in [6.45, 7) is 0.0721. The van der Waals surface area contributed by atoms with Crippen molar-refractivity contribution in [2.75, 3.05) is 12.3 Å². The fourth-order valence-corrected chi connectivity index (χ4v) is 2.93. The van der Waals surface area contributed by atoms with Crippen LogP contribution >= 0.6 is 0 Å². The number of halogens is 1. The third-order valence-corrected chi connectivity index (χ3v) is 4.26. The van der Waals surface area contributed by atoms with E-state index in [0.717, 1.165) is 6.07 Å². The second-order valence-corrected chi connectivity index (χ2v) is 5.87. The zero-order valence-corrected chi connectivity index (χ0v) is 11.6. The molecule has 7 nitrogen and oxygen atoms in total. The van der Waals surface area contributed by atoms with Crippen LogP contribution in [0.1, 0.15) is 5.82 Å². The first-order chi connectivity index (χ1) is 9.42. The van der Waals surface area contributed by atoms with Crippen LogP contribution in [0.3, 0.4) is 0 Å². The second kappa shape index (κ2) is 5.55. The maximum atomic E-state index is 13.6. The molecule has 20 heavy (non-hydrogen) atoms. The molecule has 0 amide bonds. The number of nitrogens with zero attached hydrogens (tertiary/aromatic N) is 3.